The van der Waals surface area contributed by atoms with Crippen LogP contribution in [0.3, 0.4) is 0 Å². The molecule has 0 spiro atoms. The fraction of sp³-hybridized carbons (Fsp3) is 0.176. The van der Waals surface area contributed by atoms with Crippen molar-refractivity contribution < 1.29 is 14.9 Å². The molecule has 0 fully saturated rings. The molecule has 0 aliphatic rings. The summed E-state index contributed by atoms with van der Waals surface area (Å²) in [4.78, 5) is 16.4. The molecule has 1 heterocycles. The van der Waals surface area contributed by atoms with E-state index in [1.165, 1.54) is 7.11 Å². The number of aryl methyl sites for hydroxylation is 1. The number of hydrogen-bond donors (Lipinski definition) is 1. The van der Waals surface area contributed by atoms with E-state index < -0.39 is 10.7 Å². The third-order valence-electron chi connectivity index (χ3n) is 3.81. The standard InChI is InChI=1S/C17H17N5O4/c1-3-12-4-6-13(7-5-12)18-16-17(22(24)25)19-20(21(16)23)14-8-10-15(26-2)11-9-14/h4-11,23H,3H2,1-2H3. The molecule has 0 amide bonds. The van der Waals surface area contributed by atoms with E-state index >= 15 is 0 Å². The summed E-state index contributed by atoms with van der Waals surface area (Å²) >= 11 is 0. The second kappa shape index (κ2) is 7.09. The number of ether oxygens (including phenoxy) is 1. The minimum absolute atomic E-state index is 0.268. The van der Waals surface area contributed by atoms with E-state index in [0.29, 0.717) is 22.0 Å². The minimum Gasteiger partial charge on any atom is -0.497 e. The van der Waals surface area contributed by atoms with Crippen molar-refractivity contribution in [1.82, 2.24) is 14.7 Å². The molecule has 26 heavy (non-hydrogen) atoms. The molecule has 0 bridgehead atoms. The van der Waals surface area contributed by atoms with Gasteiger partial charge in [0.1, 0.15) is 11.4 Å². The number of rotatable bonds is 5. The van der Waals surface area contributed by atoms with Crippen LogP contribution < -0.4 is 10.2 Å². The molecule has 3 rings (SSSR count). The lowest BCUT2D eigenvalue weighted by molar-refractivity contribution is -0.391. The van der Waals surface area contributed by atoms with Crippen LogP contribution in [0.15, 0.2) is 53.5 Å². The molecular formula is C17H17N5O4. The molecule has 9 heteroatoms. The van der Waals surface area contributed by atoms with Crippen molar-refractivity contribution in [3.63, 3.8) is 0 Å². The number of aromatic nitrogens is 3. The number of benzene rings is 2. The third kappa shape index (κ3) is 3.27. The summed E-state index contributed by atoms with van der Waals surface area (Å²) in [6, 6.07) is 13.7. The van der Waals surface area contributed by atoms with E-state index in [1.54, 1.807) is 36.4 Å². The van der Waals surface area contributed by atoms with E-state index in [-0.39, 0.29) is 5.49 Å². The molecule has 9 nitrogen and oxygen atoms in total. The summed E-state index contributed by atoms with van der Waals surface area (Å²) < 4.78 is 5.07. The van der Waals surface area contributed by atoms with Crippen molar-refractivity contribution >= 4 is 11.5 Å². The highest BCUT2D eigenvalue weighted by molar-refractivity contribution is 5.40. The predicted molar refractivity (Wildman–Crippen MR) is 93.0 cm³/mol. The van der Waals surface area contributed by atoms with Crippen LogP contribution in [-0.2, 0) is 6.42 Å². The SMILES string of the molecule is CCc1ccc(N=c2c([N+](=O)[O-])nn(-c3ccc(OC)cc3)n2O)cc1. The van der Waals surface area contributed by atoms with Gasteiger partial charge in [0.15, 0.2) is 0 Å². The maximum absolute atomic E-state index is 11.3. The van der Waals surface area contributed by atoms with Gasteiger partial charge in [0.2, 0.25) is 0 Å². The zero-order valence-electron chi connectivity index (χ0n) is 14.2. The Labute approximate surface area is 148 Å². The molecule has 0 saturated carbocycles. The Bertz CT molecular complexity index is 987. The fourth-order valence-electron chi connectivity index (χ4n) is 2.38. The van der Waals surface area contributed by atoms with E-state index in [9.17, 15) is 15.3 Å². The Morgan fingerprint density at radius 3 is 2.38 bits per heavy atom. The van der Waals surface area contributed by atoms with E-state index in [2.05, 4.69) is 10.1 Å². The molecule has 1 N–H and O–H groups in total. The van der Waals surface area contributed by atoms with Gasteiger partial charge in [0.25, 0.3) is 5.49 Å². The van der Waals surface area contributed by atoms with Gasteiger partial charge in [0, 0.05) is 0 Å². The van der Waals surface area contributed by atoms with Crippen molar-refractivity contribution in [3.05, 3.63) is 69.7 Å². The Balaban J connectivity index is 2.13. The normalized spacial score (nSPS) is 11.5. The second-order valence-corrected chi connectivity index (χ2v) is 5.41. The van der Waals surface area contributed by atoms with Crippen LogP contribution in [0, 0.1) is 10.1 Å². The number of methoxy groups -OCH3 is 1. The van der Waals surface area contributed by atoms with Gasteiger partial charge in [-0.3, -0.25) is 0 Å². The lowest BCUT2D eigenvalue weighted by Crippen LogP contribution is -2.22. The van der Waals surface area contributed by atoms with Gasteiger partial charge in [-0.15, -0.1) is 0 Å². The van der Waals surface area contributed by atoms with E-state index in [1.807, 2.05) is 19.1 Å². The molecule has 0 aliphatic heterocycles. The quantitative estimate of drug-likeness (QED) is 0.430. The number of hydrogen-bond acceptors (Lipinski definition) is 6. The van der Waals surface area contributed by atoms with Gasteiger partial charge >= 0.3 is 5.82 Å². The van der Waals surface area contributed by atoms with E-state index in [4.69, 9.17) is 4.74 Å². The molecule has 134 valence electrons. The Morgan fingerprint density at radius 1 is 1.19 bits per heavy atom. The van der Waals surface area contributed by atoms with Crippen LogP contribution in [0.1, 0.15) is 12.5 Å². The maximum Gasteiger partial charge on any atom is 0.438 e. The van der Waals surface area contributed by atoms with Crippen LogP contribution in [0.25, 0.3) is 5.69 Å². The van der Waals surface area contributed by atoms with Crippen LogP contribution >= 0.6 is 0 Å². The van der Waals surface area contributed by atoms with Crippen molar-refractivity contribution in [1.29, 1.82) is 0 Å². The first-order valence-corrected chi connectivity index (χ1v) is 7.87. The zero-order chi connectivity index (χ0) is 18.7. The second-order valence-electron chi connectivity index (χ2n) is 5.41. The van der Waals surface area contributed by atoms with Gasteiger partial charge in [0.05, 0.1) is 17.9 Å². The smallest absolute Gasteiger partial charge is 0.438 e. The highest BCUT2D eigenvalue weighted by Gasteiger charge is 2.24. The van der Waals surface area contributed by atoms with Gasteiger partial charge in [-0.1, -0.05) is 23.9 Å². The lowest BCUT2D eigenvalue weighted by atomic mass is 10.2. The topological polar surface area (TPSA) is 108 Å². The first kappa shape index (κ1) is 17.2. The highest BCUT2D eigenvalue weighted by Crippen LogP contribution is 2.16. The van der Waals surface area contributed by atoms with Gasteiger partial charge in [-0.2, -0.15) is 0 Å². The first-order chi connectivity index (χ1) is 12.5. The molecule has 2 aromatic carbocycles. The summed E-state index contributed by atoms with van der Waals surface area (Å²) in [5.74, 6) is 0.0590. The van der Waals surface area contributed by atoms with Gasteiger partial charge < -0.3 is 20.1 Å². The van der Waals surface area contributed by atoms with Crippen molar-refractivity contribution in [2.45, 2.75) is 13.3 Å². The molecule has 1 aromatic heterocycles. The first-order valence-electron chi connectivity index (χ1n) is 7.87. The molecule has 0 aliphatic carbocycles. The van der Waals surface area contributed by atoms with Crippen molar-refractivity contribution in [2.24, 2.45) is 4.99 Å². The summed E-state index contributed by atoms with van der Waals surface area (Å²) in [5, 5.41) is 25.6. The molecule has 0 atom stereocenters. The lowest BCUT2D eigenvalue weighted by Gasteiger charge is -2.02. The molecule has 0 saturated heterocycles. The van der Waals surface area contributed by atoms with Crippen LogP contribution in [-0.4, -0.2) is 32.0 Å². The number of nitrogens with zero attached hydrogens (tertiary/aromatic N) is 5. The summed E-state index contributed by atoms with van der Waals surface area (Å²) in [6.45, 7) is 2.03. The maximum atomic E-state index is 11.3. The minimum atomic E-state index is -0.689. The van der Waals surface area contributed by atoms with Crippen LogP contribution in [0.5, 0.6) is 5.75 Å². The largest absolute Gasteiger partial charge is 0.497 e. The van der Waals surface area contributed by atoms with Crippen LogP contribution in [0.4, 0.5) is 11.5 Å². The zero-order valence-corrected chi connectivity index (χ0v) is 14.2. The molecule has 0 radical (unpaired) electrons. The monoisotopic (exact) mass is 355 g/mol. The Morgan fingerprint density at radius 2 is 1.85 bits per heavy atom. The Kier molecular flexibility index (Phi) is 4.70. The summed E-state index contributed by atoms with van der Waals surface area (Å²) in [7, 11) is 1.53. The molecule has 3 aromatic rings. The number of nitro groups is 1. The van der Waals surface area contributed by atoms with Crippen molar-refractivity contribution in [2.75, 3.05) is 7.11 Å². The highest BCUT2D eigenvalue weighted by atomic mass is 16.6. The predicted octanol–water partition coefficient (Wildman–Crippen LogP) is 2.62. The van der Waals surface area contributed by atoms with Crippen molar-refractivity contribution in [3.8, 4) is 11.4 Å². The summed E-state index contributed by atoms with van der Waals surface area (Å²) in [5.41, 5.74) is 1.74. The molecular weight excluding hydrogens is 338 g/mol. The average molecular weight is 355 g/mol. The summed E-state index contributed by atoms with van der Waals surface area (Å²) in [6.07, 6.45) is 0.871. The third-order valence-corrected chi connectivity index (χ3v) is 3.81. The Hall–Kier alpha value is -3.62. The van der Waals surface area contributed by atoms with Gasteiger partial charge in [-0.25, -0.2) is 4.99 Å². The molecule has 0 unspecified atom stereocenters. The fourth-order valence-corrected chi connectivity index (χ4v) is 2.38. The van der Waals surface area contributed by atoms with Crippen LogP contribution in [0.2, 0.25) is 0 Å². The van der Waals surface area contributed by atoms with Gasteiger partial charge in [-0.05, 0) is 58.1 Å². The van der Waals surface area contributed by atoms with E-state index in [0.717, 1.165) is 16.8 Å². The average Bonchev–Trinajstić information content (AvgIpc) is 2.99.